The third kappa shape index (κ3) is 3.29. The Hall–Kier alpha value is -2.14. The van der Waals surface area contributed by atoms with Crippen molar-refractivity contribution in [2.75, 3.05) is 18.6 Å². The number of β-amino-alcohol motifs (C(OH)–C–C–N with tert-alkyl or cyclic N) is 1. The van der Waals surface area contributed by atoms with Gasteiger partial charge in [0.25, 0.3) is 0 Å². The maximum Gasteiger partial charge on any atom is 0.133 e. The Morgan fingerprint density at radius 2 is 2.13 bits per heavy atom. The predicted molar refractivity (Wildman–Crippen MR) is 89.9 cm³/mol. The molecule has 1 N–H and O–H groups in total. The number of aliphatic hydroxyl groups is 1. The standard InChI is InChI=1S/C18H23N3O2/c1-4-14-9-18(20-12(2)19-14)21-11-15(22)10-17(21)13-6-5-7-16(8-13)23-3/h5-9,15,17,22H,4,10-11H2,1-3H3/t15-,17-/m0/s1. The molecule has 1 aliphatic heterocycles. The third-order valence-corrected chi connectivity index (χ3v) is 4.29. The Balaban J connectivity index is 1.98. The first kappa shape index (κ1) is 15.7. The molecule has 1 saturated heterocycles. The predicted octanol–water partition coefficient (Wildman–Crippen LogP) is 2.67. The zero-order valence-corrected chi connectivity index (χ0v) is 13.9. The molecular weight excluding hydrogens is 290 g/mol. The molecule has 0 spiro atoms. The minimum Gasteiger partial charge on any atom is -0.497 e. The lowest BCUT2D eigenvalue weighted by Crippen LogP contribution is -2.25. The van der Waals surface area contributed by atoms with Crippen LogP contribution in [0.25, 0.3) is 0 Å². The first-order chi connectivity index (χ1) is 11.1. The second kappa shape index (κ2) is 6.54. The van der Waals surface area contributed by atoms with Crippen molar-refractivity contribution in [1.29, 1.82) is 0 Å². The Bertz CT molecular complexity index is 690. The van der Waals surface area contributed by atoms with Gasteiger partial charge < -0.3 is 14.7 Å². The molecule has 0 amide bonds. The highest BCUT2D eigenvalue weighted by Crippen LogP contribution is 2.36. The average Bonchev–Trinajstić information content (AvgIpc) is 2.96. The quantitative estimate of drug-likeness (QED) is 0.940. The molecule has 122 valence electrons. The molecule has 1 fully saturated rings. The zero-order valence-electron chi connectivity index (χ0n) is 13.9. The number of hydrogen-bond acceptors (Lipinski definition) is 5. The van der Waals surface area contributed by atoms with Gasteiger partial charge in [-0.25, -0.2) is 9.97 Å². The van der Waals surface area contributed by atoms with E-state index >= 15 is 0 Å². The van der Waals surface area contributed by atoms with Gasteiger partial charge in [0, 0.05) is 18.3 Å². The molecule has 0 saturated carbocycles. The molecule has 0 bridgehead atoms. The van der Waals surface area contributed by atoms with E-state index in [2.05, 4.69) is 27.9 Å². The molecule has 5 heteroatoms. The van der Waals surface area contributed by atoms with Crippen LogP contribution in [0.3, 0.4) is 0 Å². The molecule has 23 heavy (non-hydrogen) atoms. The summed E-state index contributed by atoms with van der Waals surface area (Å²) in [7, 11) is 1.67. The van der Waals surface area contributed by atoms with Gasteiger partial charge in [0.05, 0.1) is 19.3 Å². The molecule has 0 unspecified atom stereocenters. The van der Waals surface area contributed by atoms with Gasteiger partial charge in [-0.1, -0.05) is 19.1 Å². The molecule has 2 atom stereocenters. The SMILES string of the molecule is CCc1cc(N2C[C@@H](O)C[C@H]2c2cccc(OC)c2)nc(C)n1. The van der Waals surface area contributed by atoms with Gasteiger partial charge >= 0.3 is 0 Å². The van der Waals surface area contributed by atoms with E-state index in [1.807, 2.05) is 31.2 Å². The van der Waals surface area contributed by atoms with Gasteiger partial charge in [0.2, 0.25) is 0 Å². The minimum atomic E-state index is -0.355. The summed E-state index contributed by atoms with van der Waals surface area (Å²) in [5.41, 5.74) is 2.16. The van der Waals surface area contributed by atoms with E-state index in [1.165, 1.54) is 0 Å². The Kier molecular flexibility index (Phi) is 4.48. The van der Waals surface area contributed by atoms with Crippen molar-refractivity contribution in [3.05, 3.63) is 47.4 Å². The van der Waals surface area contributed by atoms with Crippen LogP contribution in [0.2, 0.25) is 0 Å². The van der Waals surface area contributed by atoms with Crippen LogP contribution in [-0.4, -0.2) is 34.8 Å². The van der Waals surface area contributed by atoms with Crippen LogP contribution >= 0.6 is 0 Å². The highest BCUT2D eigenvalue weighted by atomic mass is 16.5. The summed E-state index contributed by atoms with van der Waals surface area (Å²) in [6, 6.07) is 10.2. The fourth-order valence-electron chi connectivity index (χ4n) is 3.17. The normalized spacial score (nSPS) is 20.8. The lowest BCUT2D eigenvalue weighted by molar-refractivity contribution is 0.194. The Morgan fingerprint density at radius 1 is 1.30 bits per heavy atom. The Labute approximate surface area is 137 Å². The number of hydrogen-bond donors (Lipinski definition) is 1. The summed E-state index contributed by atoms with van der Waals surface area (Å²) in [6.45, 7) is 4.58. The third-order valence-electron chi connectivity index (χ3n) is 4.29. The maximum absolute atomic E-state index is 10.2. The van der Waals surface area contributed by atoms with E-state index in [0.29, 0.717) is 13.0 Å². The summed E-state index contributed by atoms with van der Waals surface area (Å²) in [4.78, 5) is 11.2. The molecule has 3 rings (SSSR count). The van der Waals surface area contributed by atoms with E-state index in [4.69, 9.17) is 4.74 Å². The summed E-state index contributed by atoms with van der Waals surface area (Å²) < 4.78 is 5.33. The first-order valence-electron chi connectivity index (χ1n) is 8.04. The lowest BCUT2D eigenvalue weighted by Gasteiger charge is -2.26. The molecule has 1 aromatic heterocycles. The van der Waals surface area contributed by atoms with E-state index in [0.717, 1.165) is 35.1 Å². The molecule has 0 aliphatic carbocycles. The van der Waals surface area contributed by atoms with Crippen molar-refractivity contribution in [1.82, 2.24) is 9.97 Å². The second-order valence-corrected chi connectivity index (χ2v) is 5.95. The lowest BCUT2D eigenvalue weighted by atomic mass is 10.0. The van der Waals surface area contributed by atoms with Crippen molar-refractivity contribution in [2.45, 2.75) is 38.8 Å². The maximum atomic E-state index is 10.2. The smallest absolute Gasteiger partial charge is 0.133 e. The minimum absolute atomic E-state index is 0.0964. The van der Waals surface area contributed by atoms with Crippen molar-refractivity contribution < 1.29 is 9.84 Å². The topological polar surface area (TPSA) is 58.5 Å². The number of anilines is 1. The largest absolute Gasteiger partial charge is 0.497 e. The number of aryl methyl sites for hydroxylation is 2. The van der Waals surface area contributed by atoms with Gasteiger partial charge in [0.15, 0.2) is 0 Å². The fraction of sp³-hybridized carbons (Fsp3) is 0.444. The molecule has 1 aromatic carbocycles. The average molecular weight is 313 g/mol. The summed E-state index contributed by atoms with van der Waals surface area (Å²) >= 11 is 0. The molecule has 5 nitrogen and oxygen atoms in total. The second-order valence-electron chi connectivity index (χ2n) is 5.95. The van der Waals surface area contributed by atoms with Crippen LogP contribution in [0.4, 0.5) is 5.82 Å². The van der Waals surface area contributed by atoms with Gasteiger partial charge in [0.1, 0.15) is 17.4 Å². The molecule has 2 aromatic rings. The number of rotatable bonds is 4. The first-order valence-corrected chi connectivity index (χ1v) is 8.04. The van der Waals surface area contributed by atoms with Crippen LogP contribution < -0.4 is 9.64 Å². The monoisotopic (exact) mass is 313 g/mol. The van der Waals surface area contributed by atoms with Crippen LogP contribution in [0.1, 0.15) is 36.5 Å². The molecule has 0 radical (unpaired) electrons. The van der Waals surface area contributed by atoms with E-state index < -0.39 is 0 Å². The van der Waals surface area contributed by atoms with Crippen molar-refractivity contribution in [3.63, 3.8) is 0 Å². The number of methoxy groups -OCH3 is 1. The van der Waals surface area contributed by atoms with Crippen molar-refractivity contribution in [3.8, 4) is 5.75 Å². The number of aliphatic hydroxyl groups excluding tert-OH is 1. The van der Waals surface area contributed by atoms with Crippen LogP contribution in [0.15, 0.2) is 30.3 Å². The molecular formula is C18H23N3O2. The summed E-state index contributed by atoms with van der Waals surface area (Å²) in [6.07, 6.45) is 1.21. The Morgan fingerprint density at radius 3 is 2.87 bits per heavy atom. The van der Waals surface area contributed by atoms with Crippen molar-refractivity contribution in [2.24, 2.45) is 0 Å². The fourth-order valence-corrected chi connectivity index (χ4v) is 3.17. The van der Waals surface area contributed by atoms with Crippen LogP contribution in [-0.2, 0) is 6.42 Å². The van der Waals surface area contributed by atoms with E-state index in [-0.39, 0.29) is 12.1 Å². The van der Waals surface area contributed by atoms with Gasteiger partial charge in [-0.05, 0) is 37.5 Å². The van der Waals surface area contributed by atoms with E-state index in [1.54, 1.807) is 7.11 Å². The van der Waals surface area contributed by atoms with Gasteiger partial charge in [-0.15, -0.1) is 0 Å². The van der Waals surface area contributed by atoms with E-state index in [9.17, 15) is 5.11 Å². The van der Waals surface area contributed by atoms with Crippen LogP contribution in [0, 0.1) is 6.92 Å². The number of ether oxygens (including phenoxy) is 1. The summed E-state index contributed by atoms with van der Waals surface area (Å²) in [5.74, 6) is 2.49. The molecule has 1 aliphatic rings. The van der Waals surface area contributed by atoms with Crippen molar-refractivity contribution >= 4 is 5.82 Å². The molecule has 2 heterocycles. The highest BCUT2D eigenvalue weighted by molar-refractivity contribution is 5.46. The van der Waals surface area contributed by atoms with Gasteiger partial charge in [-0.2, -0.15) is 0 Å². The number of aromatic nitrogens is 2. The van der Waals surface area contributed by atoms with Gasteiger partial charge in [-0.3, -0.25) is 0 Å². The zero-order chi connectivity index (χ0) is 16.4. The number of benzene rings is 1. The number of nitrogens with zero attached hydrogens (tertiary/aromatic N) is 3. The van der Waals surface area contributed by atoms with Crippen LogP contribution in [0.5, 0.6) is 5.75 Å². The summed E-state index contributed by atoms with van der Waals surface area (Å²) in [5, 5.41) is 10.2. The highest BCUT2D eigenvalue weighted by Gasteiger charge is 2.33.